The fourth-order valence-corrected chi connectivity index (χ4v) is 3.35. The van der Waals surface area contributed by atoms with Crippen molar-refractivity contribution in [3.63, 3.8) is 0 Å². The number of nitrogen functional groups attached to an aromatic ring is 1. The molecule has 1 aliphatic heterocycles. The first-order valence-electron chi connectivity index (χ1n) is 9.28. The molecule has 2 aromatic carbocycles. The number of carbonyl (C=O) groups excluding carboxylic acids is 1. The Kier molecular flexibility index (Phi) is 4.79. The standard InChI is InChI=1S/C22H22N4O2/c1-14-2-4-16(5-3-14)20-21(23)24-12-19(25-20)15-6-8-17(9-7-15)22(28)26-11-10-18(27)13-26/h2-9,12,18,27H,10-11,13H2,1H3,(H2,23,24)/t18-/m0/s1. The zero-order valence-corrected chi connectivity index (χ0v) is 15.7. The number of nitrogens with zero attached hydrogens (tertiary/aromatic N) is 3. The van der Waals surface area contributed by atoms with Gasteiger partial charge in [0.2, 0.25) is 0 Å². The molecule has 1 atom stereocenters. The molecule has 1 saturated heterocycles. The van der Waals surface area contributed by atoms with Gasteiger partial charge in [0.05, 0.1) is 18.0 Å². The third kappa shape index (κ3) is 3.59. The summed E-state index contributed by atoms with van der Waals surface area (Å²) >= 11 is 0. The molecule has 0 radical (unpaired) electrons. The number of aliphatic hydroxyl groups is 1. The molecule has 3 N–H and O–H groups in total. The van der Waals surface area contributed by atoms with Crippen molar-refractivity contribution in [1.29, 1.82) is 0 Å². The Morgan fingerprint density at radius 2 is 1.79 bits per heavy atom. The van der Waals surface area contributed by atoms with Crippen LogP contribution in [0.1, 0.15) is 22.3 Å². The highest BCUT2D eigenvalue weighted by Gasteiger charge is 2.25. The van der Waals surface area contributed by atoms with Gasteiger partial charge in [0, 0.05) is 29.8 Å². The van der Waals surface area contributed by atoms with Crippen molar-refractivity contribution in [1.82, 2.24) is 14.9 Å². The van der Waals surface area contributed by atoms with Crippen LogP contribution in [0.2, 0.25) is 0 Å². The van der Waals surface area contributed by atoms with Crippen LogP contribution in [0, 0.1) is 6.92 Å². The lowest BCUT2D eigenvalue weighted by Gasteiger charge is -2.15. The van der Waals surface area contributed by atoms with Crippen molar-refractivity contribution >= 4 is 11.7 Å². The molecule has 1 aromatic heterocycles. The summed E-state index contributed by atoms with van der Waals surface area (Å²) in [6.45, 7) is 3.01. The second-order valence-corrected chi connectivity index (χ2v) is 7.13. The fourth-order valence-electron chi connectivity index (χ4n) is 3.35. The summed E-state index contributed by atoms with van der Waals surface area (Å²) in [5, 5.41) is 9.63. The second kappa shape index (κ2) is 7.40. The second-order valence-electron chi connectivity index (χ2n) is 7.13. The van der Waals surface area contributed by atoms with Crippen LogP contribution in [0.4, 0.5) is 5.82 Å². The summed E-state index contributed by atoms with van der Waals surface area (Å²) in [5.74, 6) is 0.318. The fraction of sp³-hybridized carbons (Fsp3) is 0.227. The van der Waals surface area contributed by atoms with E-state index in [1.165, 1.54) is 0 Å². The Bertz CT molecular complexity index is 1000. The maximum absolute atomic E-state index is 12.5. The monoisotopic (exact) mass is 374 g/mol. The van der Waals surface area contributed by atoms with Gasteiger partial charge in [-0.2, -0.15) is 0 Å². The number of aromatic nitrogens is 2. The van der Waals surface area contributed by atoms with E-state index >= 15 is 0 Å². The lowest BCUT2D eigenvalue weighted by molar-refractivity contribution is 0.0765. The number of aliphatic hydroxyl groups excluding tert-OH is 1. The lowest BCUT2D eigenvalue weighted by Crippen LogP contribution is -2.29. The van der Waals surface area contributed by atoms with Gasteiger partial charge in [-0.05, 0) is 25.5 Å². The van der Waals surface area contributed by atoms with Crippen LogP contribution in [-0.4, -0.2) is 45.1 Å². The van der Waals surface area contributed by atoms with Crippen LogP contribution < -0.4 is 5.73 Å². The molecule has 142 valence electrons. The van der Waals surface area contributed by atoms with Crippen LogP contribution in [0.5, 0.6) is 0 Å². The van der Waals surface area contributed by atoms with Gasteiger partial charge in [-0.3, -0.25) is 4.79 Å². The van der Waals surface area contributed by atoms with Crippen molar-refractivity contribution in [3.05, 3.63) is 65.9 Å². The molecule has 3 aromatic rings. The summed E-state index contributed by atoms with van der Waals surface area (Å²) in [6, 6.07) is 15.3. The number of likely N-dealkylation sites (tertiary alicyclic amines) is 1. The smallest absolute Gasteiger partial charge is 0.253 e. The number of nitrogens with two attached hydrogens (primary N) is 1. The van der Waals surface area contributed by atoms with Gasteiger partial charge >= 0.3 is 0 Å². The predicted molar refractivity (Wildman–Crippen MR) is 109 cm³/mol. The number of amides is 1. The summed E-state index contributed by atoms with van der Waals surface area (Å²) in [6.07, 6.45) is 1.85. The molecule has 1 aliphatic rings. The van der Waals surface area contributed by atoms with E-state index in [-0.39, 0.29) is 5.91 Å². The van der Waals surface area contributed by atoms with E-state index in [0.717, 1.165) is 16.7 Å². The van der Waals surface area contributed by atoms with E-state index in [0.29, 0.717) is 42.3 Å². The van der Waals surface area contributed by atoms with Crippen molar-refractivity contribution in [2.75, 3.05) is 18.8 Å². The molecule has 6 heteroatoms. The number of hydrogen-bond acceptors (Lipinski definition) is 5. The zero-order chi connectivity index (χ0) is 19.7. The highest BCUT2D eigenvalue weighted by molar-refractivity contribution is 5.95. The molecule has 1 amide bonds. The number of benzene rings is 2. The van der Waals surface area contributed by atoms with Gasteiger partial charge in [-0.25, -0.2) is 9.97 Å². The highest BCUT2D eigenvalue weighted by atomic mass is 16.3. The average molecular weight is 374 g/mol. The van der Waals surface area contributed by atoms with E-state index in [1.54, 1.807) is 23.2 Å². The first-order chi connectivity index (χ1) is 13.5. The summed E-state index contributed by atoms with van der Waals surface area (Å²) in [5.41, 5.74) is 10.9. The number of anilines is 1. The van der Waals surface area contributed by atoms with Crippen LogP contribution in [0.25, 0.3) is 22.5 Å². The van der Waals surface area contributed by atoms with Crippen LogP contribution >= 0.6 is 0 Å². The molecule has 6 nitrogen and oxygen atoms in total. The Labute approximate surface area is 163 Å². The number of carbonyl (C=O) groups is 1. The summed E-state index contributed by atoms with van der Waals surface area (Å²) in [7, 11) is 0. The van der Waals surface area contributed by atoms with Crippen molar-refractivity contribution in [2.24, 2.45) is 0 Å². The largest absolute Gasteiger partial charge is 0.391 e. The van der Waals surface area contributed by atoms with Gasteiger partial charge in [-0.15, -0.1) is 0 Å². The molecule has 4 rings (SSSR count). The molecule has 0 unspecified atom stereocenters. The summed E-state index contributed by atoms with van der Waals surface area (Å²) < 4.78 is 0. The number of rotatable bonds is 3. The molecule has 1 fully saturated rings. The minimum Gasteiger partial charge on any atom is -0.391 e. The first kappa shape index (κ1) is 18.1. The Morgan fingerprint density at radius 1 is 1.11 bits per heavy atom. The van der Waals surface area contributed by atoms with Gasteiger partial charge in [0.15, 0.2) is 0 Å². The third-order valence-electron chi connectivity index (χ3n) is 5.00. The van der Waals surface area contributed by atoms with Gasteiger partial charge in [-0.1, -0.05) is 42.0 Å². The molecule has 28 heavy (non-hydrogen) atoms. The van der Waals surface area contributed by atoms with Crippen molar-refractivity contribution in [3.8, 4) is 22.5 Å². The van der Waals surface area contributed by atoms with Crippen molar-refractivity contribution in [2.45, 2.75) is 19.4 Å². The average Bonchev–Trinajstić information content (AvgIpc) is 3.15. The van der Waals surface area contributed by atoms with E-state index in [9.17, 15) is 9.90 Å². The number of β-amino-alcohol motifs (C(OH)–C–C–N with tert-alkyl or cyclic N) is 1. The SMILES string of the molecule is Cc1ccc(-c2nc(-c3ccc(C(=O)N4CC[C@H](O)C4)cc3)cnc2N)cc1. The maximum atomic E-state index is 12.5. The molecule has 2 heterocycles. The Balaban J connectivity index is 1.60. The Hall–Kier alpha value is -3.25. The van der Waals surface area contributed by atoms with Gasteiger partial charge in [0.1, 0.15) is 11.5 Å². The van der Waals surface area contributed by atoms with Gasteiger partial charge < -0.3 is 15.7 Å². The van der Waals surface area contributed by atoms with E-state index in [2.05, 4.69) is 9.97 Å². The highest BCUT2D eigenvalue weighted by Crippen LogP contribution is 2.26. The van der Waals surface area contributed by atoms with Crippen LogP contribution in [0.15, 0.2) is 54.7 Å². The number of aryl methyl sites for hydroxylation is 1. The predicted octanol–water partition coefficient (Wildman–Crippen LogP) is 2.91. The van der Waals surface area contributed by atoms with Crippen molar-refractivity contribution < 1.29 is 9.90 Å². The molecular weight excluding hydrogens is 352 g/mol. The molecular formula is C22H22N4O2. The summed E-state index contributed by atoms with van der Waals surface area (Å²) in [4.78, 5) is 23.2. The normalized spacial score (nSPS) is 16.4. The molecule has 0 aliphatic carbocycles. The first-order valence-corrected chi connectivity index (χ1v) is 9.28. The topological polar surface area (TPSA) is 92.3 Å². The number of hydrogen-bond donors (Lipinski definition) is 2. The van der Waals surface area contributed by atoms with E-state index in [1.807, 2.05) is 43.3 Å². The van der Waals surface area contributed by atoms with E-state index in [4.69, 9.17) is 5.73 Å². The minimum atomic E-state index is -0.423. The van der Waals surface area contributed by atoms with Gasteiger partial charge in [0.25, 0.3) is 5.91 Å². The Morgan fingerprint density at radius 3 is 2.43 bits per heavy atom. The minimum absolute atomic E-state index is 0.0631. The molecule has 0 spiro atoms. The molecule has 0 bridgehead atoms. The molecule has 0 saturated carbocycles. The zero-order valence-electron chi connectivity index (χ0n) is 15.7. The maximum Gasteiger partial charge on any atom is 0.253 e. The van der Waals surface area contributed by atoms with E-state index < -0.39 is 6.10 Å². The quantitative estimate of drug-likeness (QED) is 0.735. The van der Waals surface area contributed by atoms with Crippen LogP contribution in [-0.2, 0) is 0 Å². The van der Waals surface area contributed by atoms with Crippen LogP contribution in [0.3, 0.4) is 0 Å². The lowest BCUT2D eigenvalue weighted by atomic mass is 10.1. The third-order valence-corrected chi connectivity index (χ3v) is 5.00.